The van der Waals surface area contributed by atoms with Crippen LogP contribution in [0.25, 0.3) is 0 Å². The molecule has 1 rings (SSSR count). The molecule has 120 valence electrons. The normalized spacial score (nSPS) is 13.0. The standard InChI is InChI=1S/C14H24N2O5/c1-4-5-9-6-7-11(17)10(8-9)12(15-13(2,18)19)16-14(3,20)21/h6-8,12,15-21H,4-5H2,1-3H3. The quantitative estimate of drug-likeness (QED) is 0.349. The van der Waals surface area contributed by atoms with Gasteiger partial charge >= 0.3 is 0 Å². The van der Waals surface area contributed by atoms with Gasteiger partial charge in [0, 0.05) is 19.4 Å². The van der Waals surface area contributed by atoms with Crippen molar-refractivity contribution in [2.24, 2.45) is 0 Å². The van der Waals surface area contributed by atoms with Crippen molar-refractivity contribution in [2.45, 2.75) is 51.6 Å². The van der Waals surface area contributed by atoms with Crippen LogP contribution in [0.2, 0.25) is 0 Å². The number of aliphatic hydroxyl groups is 4. The van der Waals surface area contributed by atoms with Crippen LogP contribution in [0.15, 0.2) is 18.2 Å². The molecule has 0 aromatic heterocycles. The van der Waals surface area contributed by atoms with E-state index in [1.54, 1.807) is 12.1 Å². The monoisotopic (exact) mass is 300 g/mol. The van der Waals surface area contributed by atoms with E-state index in [-0.39, 0.29) is 11.3 Å². The van der Waals surface area contributed by atoms with Gasteiger partial charge in [-0.1, -0.05) is 19.4 Å². The third-order valence-electron chi connectivity index (χ3n) is 2.78. The van der Waals surface area contributed by atoms with E-state index in [1.807, 2.05) is 6.92 Å². The van der Waals surface area contributed by atoms with Gasteiger partial charge in [-0.05, 0) is 24.1 Å². The maximum absolute atomic E-state index is 9.96. The van der Waals surface area contributed by atoms with Crippen molar-refractivity contribution >= 4 is 0 Å². The lowest BCUT2D eigenvalue weighted by Gasteiger charge is -2.31. The molecule has 1 aromatic carbocycles. The topological polar surface area (TPSA) is 125 Å². The lowest BCUT2D eigenvalue weighted by atomic mass is 10.0. The van der Waals surface area contributed by atoms with Crippen molar-refractivity contribution in [1.82, 2.24) is 10.6 Å². The molecule has 0 spiro atoms. The average molecular weight is 300 g/mol. The number of nitrogens with one attached hydrogen (secondary N) is 2. The molecule has 0 atom stereocenters. The summed E-state index contributed by atoms with van der Waals surface area (Å²) < 4.78 is 0. The molecule has 0 radical (unpaired) electrons. The second kappa shape index (κ2) is 6.69. The Labute approximate surface area is 123 Å². The number of phenolic OH excluding ortho intramolecular Hbond substituents is 1. The summed E-state index contributed by atoms with van der Waals surface area (Å²) >= 11 is 0. The molecular weight excluding hydrogens is 276 g/mol. The highest BCUT2D eigenvalue weighted by molar-refractivity contribution is 5.38. The highest BCUT2D eigenvalue weighted by atomic mass is 16.5. The van der Waals surface area contributed by atoms with Crippen molar-refractivity contribution in [3.63, 3.8) is 0 Å². The fourth-order valence-corrected chi connectivity index (χ4v) is 2.02. The van der Waals surface area contributed by atoms with Crippen molar-refractivity contribution in [3.05, 3.63) is 29.3 Å². The molecule has 0 bridgehead atoms. The molecule has 0 aliphatic heterocycles. The zero-order valence-electron chi connectivity index (χ0n) is 12.5. The predicted molar refractivity (Wildman–Crippen MR) is 76.8 cm³/mol. The maximum Gasteiger partial charge on any atom is 0.220 e. The summed E-state index contributed by atoms with van der Waals surface area (Å²) in [6.45, 7) is 4.18. The smallest absolute Gasteiger partial charge is 0.220 e. The summed E-state index contributed by atoms with van der Waals surface area (Å²) in [7, 11) is 0. The number of rotatable bonds is 7. The summed E-state index contributed by atoms with van der Waals surface area (Å²) in [6.07, 6.45) is 0.609. The van der Waals surface area contributed by atoms with Crippen LogP contribution >= 0.6 is 0 Å². The third-order valence-corrected chi connectivity index (χ3v) is 2.78. The summed E-state index contributed by atoms with van der Waals surface area (Å²) in [5.41, 5.74) is 1.22. The molecule has 0 unspecified atom stereocenters. The van der Waals surface area contributed by atoms with E-state index in [4.69, 9.17) is 0 Å². The van der Waals surface area contributed by atoms with Gasteiger partial charge in [-0.25, -0.2) is 10.6 Å². The van der Waals surface area contributed by atoms with Crippen LogP contribution < -0.4 is 10.6 Å². The van der Waals surface area contributed by atoms with Crippen LogP contribution in [0.3, 0.4) is 0 Å². The molecular formula is C14H24N2O5. The van der Waals surface area contributed by atoms with Gasteiger partial charge in [-0.15, -0.1) is 0 Å². The second-order valence-corrected chi connectivity index (χ2v) is 5.41. The lowest BCUT2D eigenvalue weighted by molar-refractivity contribution is -0.206. The van der Waals surface area contributed by atoms with Crippen molar-refractivity contribution in [3.8, 4) is 5.75 Å². The highest BCUT2D eigenvalue weighted by Crippen LogP contribution is 2.26. The van der Waals surface area contributed by atoms with Gasteiger partial charge in [0.25, 0.3) is 0 Å². The predicted octanol–water partition coefficient (Wildman–Crippen LogP) is -0.161. The Morgan fingerprint density at radius 1 is 1.05 bits per heavy atom. The van der Waals surface area contributed by atoms with Gasteiger partial charge in [-0.3, -0.25) is 0 Å². The number of hydrogen-bond acceptors (Lipinski definition) is 7. The van der Waals surface area contributed by atoms with Crippen LogP contribution in [-0.2, 0) is 6.42 Å². The molecule has 0 fully saturated rings. The fourth-order valence-electron chi connectivity index (χ4n) is 2.02. The molecule has 0 aliphatic carbocycles. The van der Waals surface area contributed by atoms with E-state index in [0.717, 1.165) is 32.3 Å². The van der Waals surface area contributed by atoms with E-state index >= 15 is 0 Å². The zero-order valence-corrected chi connectivity index (χ0v) is 12.5. The van der Waals surface area contributed by atoms with Crippen LogP contribution in [0.4, 0.5) is 0 Å². The first-order valence-electron chi connectivity index (χ1n) is 6.78. The molecule has 21 heavy (non-hydrogen) atoms. The van der Waals surface area contributed by atoms with Crippen LogP contribution in [-0.4, -0.2) is 37.4 Å². The summed E-state index contributed by atoms with van der Waals surface area (Å²) in [5, 5.41) is 52.6. The fraction of sp³-hybridized carbons (Fsp3) is 0.571. The zero-order chi connectivity index (χ0) is 16.3. The van der Waals surface area contributed by atoms with Crippen molar-refractivity contribution in [1.29, 1.82) is 0 Å². The number of benzene rings is 1. The molecule has 7 heteroatoms. The van der Waals surface area contributed by atoms with Crippen molar-refractivity contribution in [2.75, 3.05) is 0 Å². The van der Waals surface area contributed by atoms with E-state index in [0.29, 0.717) is 0 Å². The van der Waals surface area contributed by atoms with Gasteiger partial charge in [-0.2, -0.15) is 0 Å². The molecule has 0 saturated carbocycles. The van der Waals surface area contributed by atoms with Gasteiger partial charge in [0.05, 0.1) is 6.17 Å². The molecule has 7 nitrogen and oxygen atoms in total. The molecule has 0 saturated heterocycles. The van der Waals surface area contributed by atoms with E-state index in [9.17, 15) is 25.5 Å². The number of aromatic hydroxyl groups is 1. The summed E-state index contributed by atoms with van der Waals surface area (Å²) in [4.78, 5) is 0. The molecule has 0 amide bonds. The molecule has 0 aliphatic rings. The van der Waals surface area contributed by atoms with Gasteiger partial charge in [0.1, 0.15) is 5.75 Å². The lowest BCUT2D eigenvalue weighted by Crippen LogP contribution is -2.54. The minimum absolute atomic E-state index is 0.103. The SMILES string of the molecule is CCCc1ccc(O)c(C(NC(C)(O)O)NC(C)(O)O)c1. The first-order chi connectivity index (χ1) is 9.52. The van der Waals surface area contributed by atoms with E-state index in [1.165, 1.54) is 6.07 Å². The molecule has 0 heterocycles. The number of phenols is 1. The first-order valence-corrected chi connectivity index (χ1v) is 6.78. The second-order valence-electron chi connectivity index (χ2n) is 5.41. The Balaban J connectivity index is 3.14. The first kappa shape index (κ1) is 17.8. The van der Waals surface area contributed by atoms with E-state index < -0.39 is 18.0 Å². The minimum atomic E-state index is -2.27. The maximum atomic E-state index is 9.96. The van der Waals surface area contributed by atoms with Crippen LogP contribution in [0.1, 0.15) is 44.5 Å². The Hall–Kier alpha value is -1.22. The number of hydrogen-bond donors (Lipinski definition) is 7. The highest BCUT2D eigenvalue weighted by Gasteiger charge is 2.29. The largest absolute Gasteiger partial charge is 0.508 e. The molecule has 1 aromatic rings. The Morgan fingerprint density at radius 2 is 1.57 bits per heavy atom. The number of aryl methyl sites for hydroxylation is 1. The van der Waals surface area contributed by atoms with E-state index in [2.05, 4.69) is 10.6 Å². The summed E-state index contributed by atoms with van der Waals surface area (Å²) in [6, 6.07) is 4.91. The Kier molecular flexibility index (Phi) is 5.68. The summed E-state index contributed by atoms with van der Waals surface area (Å²) in [5.74, 6) is -4.64. The van der Waals surface area contributed by atoms with Gasteiger partial charge in [0.15, 0.2) is 0 Å². The van der Waals surface area contributed by atoms with Crippen LogP contribution in [0, 0.1) is 0 Å². The van der Waals surface area contributed by atoms with Gasteiger partial charge in [0.2, 0.25) is 11.8 Å². The Morgan fingerprint density at radius 3 is 2.00 bits per heavy atom. The average Bonchev–Trinajstić information content (AvgIpc) is 2.27. The third kappa shape index (κ3) is 6.38. The Bertz CT molecular complexity index is 449. The molecule has 7 N–H and O–H groups in total. The van der Waals surface area contributed by atoms with Gasteiger partial charge < -0.3 is 25.5 Å². The minimum Gasteiger partial charge on any atom is -0.508 e. The van der Waals surface area contributed by atoms with Crippen LogP contribution in [0.5, 0.6) is 5.75 Å². The van der Waals surface area contributed by atoms with Crippen molar-refractivity contribution < 1.29 is 25.5 Å².